The maximum absolute atomic E-state index is 12.0. The Labute approximate surface area is 95.6 Å². The summed E-state index contributed by atoms with van der Waals surface area (Å²) in [5.41, 5.74) is 0. The minimum Gasteiger partial charge on any atom is -0.354 e. The first kappa shape index (κ1) is 11.4. The minimum atomic E-state index is -0.0115. The molecule has 0 aromatic rings. The van der Waals surface area contributed by atoms with Gasteiger partial charge in [-0.1, -0.05) is 6.92 Å². The van der Waals surface area contributed by atoms with Crippen molar-refractivity contribution in [2.45, 2.75) is 38.3 Å². The van der Waals surface area contributed by atoms with Crippen LogP contribution in [0.3, 0.4) is 0 Å². The first-order valence-corrected chi connectivity index (χ1v) is 6.03. The highest BCUT2D eigenvalue weighted by molar-refractivity contribution is 5.84. The maximum atomic E-state index is 12.0. The van der Waals surface area contributed by atoms with Crippen LogP contribution in [0.2, 0.25) is 0 Å². The van der Waals surface area contributed by atoms with E-state index in [2.05, 4.69) is 10.6 Å². The lowest BCUT2D eigenvalue weighted by Crippen LogP contribution is -2.50. The summed E-state index contributed by atoms with van der Waals surface area (Å²) in [4.78, 5) is 25.0. The lowest BCUT2D eigenvalue weighted by atomic mass is 10.1. The standard InChI is InChI=1S/C11H19N3O2/c1-2-12-9-5-6-14(11(9)16)8-3-4-10(15)13-7-8/h8-9,12H,2-7H2,1H3,(H,13,15). The van der Waals surface area contributed by atoms with Crippen LogP contribution in [0, 0.1) is 0 Å². The highest BCUT2D eigenvalue weighted by Gasteiger charge is 2.36. The van der Waals surface area contributed by atoms with E-state index in [4.69, 9.17) is 0 Å². The van der Waals surface area contributed by atoms with Crippen molar-refractivity contribution in [3.63, 3.8) is 0 Å². The second-order valence-corrected chi connectivity index (χ2v) is 4.43. The summed E-state index contributed by atoms with van der Waals surface area (Å²) in [6.07, 6.45) is 2.23. The lowest BCUT2D eigenvalue weighted by molar-refractivity contribution is -0.133. The number of likely N-dealkylation sites (tertiary alicyclic amines) is 1. The van der Waals surface area contributed by atoms with Gasteiger partial charge in [-0.25, -0.2) is 0 Å². The Bertz CT molecular complexity index is 283. The van der Waals surface area contributed by atoms with Gasteiger partial charge in [-0.3, -0.25) is 9.59 Å². The number of amides is 2. The van der Waals surface area contributed by atoms with Crippen molar-refractivity contribution in [2.75, 3.05) is 19.6 Å². The van der Waals surface area contributed by atoms with Crippen molar-refractivity contribution < 1.29 is 9.59 Å². The molecule has 2 heterocycles. The number of carbonyl (C=O) groups is 2. The van der Waals surface area contributed by atoms with Crippen LogP contribution < -0.4 is 10.6 Å². The number of nitrogens with zero attached hydrogens (tertiary/aromatic N) is 1. The number of hydrogen-bond donors (Lipinski definition) is 2. The number of likely N-dealkylation sites (N-methyl/N-ethyl adjacent to an activating group) is 1. The third-order valence-corrected chi connectivity index (χ3v) is 3.37. The molecule has 2 amide bonds. The van der Waals surface area contributed by atoms with Gasteiger partial charge in [-0.15, -0.1) is 0 Å². The van der Waals surface area contributed by atoms with Crippen LogP contribution in [-0.2, 0) is 9.59 Å². The van der Waals surface area contributed by atoms with Gasteiger partial charge in [0.2, 0.25) is 11.8 Å². The van der Waals surface area contributed by atoms with E-state index in [9.17, 15) is 9.59 Å². The normalized spacial score (nSPS) is 30.7. The van der Waals surface area contributed by atoms with Crippen molar-refractivity contribution in [1.29, 1.82) is 0 Å². The molecule has 2 atom stereocenters. The number of rotatable bonds is 3. The Kier molecular flexibility index (Phi) is 3.43. The van der Waals surface area contributed by atoms with E-state index in [1.165, 1.54) is 0 Å². The molecule has 2 saturated heterocycles. The Morgan fingerprint density at radius 2 is 2.25 bits per heavy atom. The highest BCUT2D eigenvalue weighted by Crippen LogP contribution is 2.19. The van der Waals surface area contributed by atoms with E-state index < -0.39 is 0 Å². The highest BCUT2D eigenvalue weighted by atomic mass is 16.2. The number of carbonyl (C=O) groups excluding carboxylic acids is 2. The monoisotopic (exact) mass is 225 g/mol. The Balaban J connectivity index is 1.91. The molecule has 0 spiro atoms. The van der Waals surface area contributed by atoms with Crippen LogP contribution in [0.5, 0.6) is 0 Å². The van der Waals surface area contributed by atoms with Crippen LogP contribution in [0.4, 0.5) is 0 Å². The molecule has 0 radical (unpaired) electrons. The third-order valence-electron chi connectivity index (χ3n) is 3.37. The molecule has 0 aromatic heterocycles. The SMILES string of the molecule is CCNC1CCN(C2CCC(=O)NC2)C1=O. The second kappa shape index (κ2) is 4.82. The topological polar surface area (TPSA) is 61.4 Å². The molecular weight excluding hydrogens is 206 g/mol. The molecule has 2 aliphatic rings. The average molecular weight is 225 g/mol. The Morgan fingerprint density at radius 3 is 2.88 bits per heavy atom. The molecular formula is C11H19N3O2. The van der Waals surface area contributed by atoms with E-state index in [0.29, 0.717) is 13.0 Å². The van der Waals surface area contributed by atoms with Gasteiger partial charge in [0.05, 0.1) is 6.04 Å². The van der Waals surface area contributed by atoms with Gasteiger partial charge in [0.1, 0.15) is 0 Å². The molecule has 2 unspecified atom stereocenters. The predicted molar refractivity (Wildman–Crippen MR) is 59.8 cm³/mol. The van der Waals surface area contributed by atoms with Crippen molar-refractivity contribution in [1.82, 2.24) is 15.5 Å². The zero-order valence-electron chi connectivity index (χ0n) is 9.66. The van der Waals surface area contributed by atoms with Crippen molar-refractivity contribution in [3.05, 3.63) is 0 Å². The minimum absolute atomic E-state index is 0.0115. The van der Waals surface area contributed by atoms with Crippen LogP contribution in [-0.4, -0.2) is 48.4 Å². The van der Waals surface area contributed by atoms with Gasteiger partial charge in [0.25, 0.3) is 0 Å². The first-order valence-electron chi connectivity index (χ1n) is 6.03. The van der Waals surface area contributed by atoms with Gasteiger partial charge in [-0.2, -0.15) is 0 Å². The summed E-state index contributed by atoms with van der Waals surface area (Å²) >= 11 is 0. The quantitative estimate of drug-likeness (QED) is 0.679. The molecule has 0 aromatic carbocycles. The van der Waals surface area contributed by atoms with Crippen LogP contribution in [0.1, 0.15) is 26.2 Å². The molecule has 0 aliphatic carbocycles. The summed E-state index contributed by atoms with van der Waals surface area (Å²) in [5, 5.41) is 6.02. The molecule has 5 nitrogen and oxygen atoms in total. The number of piperidine rings is 1. The molecule has 2 fully saturated rings. The zero-order chi connectivity index (χ0) is 11.5. The van der Waals surface area contributed by atoms with Crippen LogP contribution >= 0.6 is 0 Å². The van der Waals surface area contributed by atoms with Crippen LogP contribution in [0.15, 0.2) is 0 Å². The predicted octanol–water partition coefficient (Wildman–Crippen LogP) is -0.525. The molecule has 5 heteroatoms. The number of nitrogens with one attached hydrogen (secondary N) is 2. The smallest absolute Gasteiger partial charge is 0.240 e. The van der Waals surface area contributed by atoms with E-state index in [1.54, 1.807) is 0 Å². The fraction of sp³-hybridized carbons (Fsp3) is 0.818. The molecule has 0 bridgehead atoms. The van der Waals surface area contributed by atoms with Crippen molar-refractivity contribution >= 4 is 11.8 Å². The molecule has 2 rings (SSSR count). The molecule has 90 valence electrons. The molecule has 2 N–H and O–H groups in total. The summed E-state index contributed by atoms with van der Waals surface area (Å²) in [6, 6.07) is 0.191. The van der Waals surface area contributed by atoms with Crippen molar-refractivity contribution in [2.24, 2.45) is 0 Å². The maximum Gasteiger partial charge on any atom is 0.240 e. The summed E-state index contributed by atoms with van der Waals surface area (Å²) in [7, 11) is 0. The fourth-order valence-electron chi connectivity index (χ4n) is 2.49. The van der Waals surface area contributed by atoms with Gasteiger partial charge in [0, 0.05) is 25.6 Å². The third kappa shape index (κ3) is 2.19. The molecule has 0 saturated carbocycles. The average Bonchev–Trinajstić information content (AvgIpc) is 2.63. The molecule has 16 heavy (non-hydrogen) atoms. The van der Waals surface area contributed by atoms with Crippen molar-refractivity contribution in [3.8, 4) is 0 Å². The van der Waals surface area contributed by atoms with Gasteiger partial charge in [0.15, 0.2) is 0 Å². The fourth-order valence-corrected chi connectivity index (χ4v) is 2.49. The van der Waals surface area contributed by atoms with Gasteiger partial charge < -0.3 is 15.5 Å². The Hall–Kier alpha value is -1.10. The van der Waals surface area contributed by atoms with E-state index >= 15 is 0 Å². The first-order chi connectivity index (χ1) is 7.72. The summed E-state index contributed by atoms with van der Waals surface area (Å²) in [5.74, 6) is 0.300. The van der Waals surface area contributed by atoms with Gasteiger partial charge in [-0.05, 0) is 19.4 Å². The summed E-state index contributed by atoms with van der Waals surface area (Å²) < 4.78 is 0. The van der Waals surface area contributed by atoms with Gasteiger partial charge >= 0.3 is 0 Å². The molecule has 2 aliphatic heterocycles. The van der Waals surface area contributed by atoms with E-state index in [0.717, 1.165) is 25.9 Å². The van der Waals surface area contributed by atoms with E-state index in [1.807, 2.05) is 11.8 Å². The number of hydrogen-bond acceptors (Lipinski definition) is 3. The Morgan fingerprint density at radius 1 is 1.44 bits per heavy atom. The zero-order valence-corrected chi connectivity index (χ0v) is 9.66. The van der Waals surface area contributed by atoms with Crippen LogP contribution in [0.25, 0.3) is 0 Å². The second-order valence-electron chi connectivity index (χ2n) is 4.43. The lowest BCUT2D eigenvalue weighted by Gasteiger charge is -2.31. The van der Waals surface area contributed by atoms with E-state index in [-0.39, 0.29) is 23.9 Å². The largest absolute Gasteiger partial charge is 0.354 e. The summed E-state index contributed by atoms with van der Waals surface area (Å²) in [6.45, 7) is 4.27.